The number of likely N-dealkylation sites (N-methyl/N-ethyl adjacent to an activating group) is 1. The lowest BCUT2D eigenvalue weighted by atomic mass is 10.2. The molecule has 0 unspecified atom stereocenters. The van der Waals surface area contributed by atoms with Crippen molar-refractivity contribution in [3.8, 4) is 5.75 Å². The van der Waals surface area contributed by atoms with Gasteiger partial charge < -0.3 is 9.64 Å². The van der Waals surface area contributed by atoms with Gasteiger partial charge in [-0.1, -0.05) is 41.4 Å². The summed E-state index contributed by atoms with van der Waals surface area (Å²) in [4.78, 5) is 14.3. The zero-order valence-corrected chi connectivity index (χ0v) is 13.9. The van der Waals surface area contributed by atoms with Crippen molar-refractivity contribution < 1.29 is 9.53 Å². The lowest BCUT2D eigenvalue weighted by molar-refractivity contribution is -0.124. The van der Waals surface area contributed by atoms with E-state index >= 15 is 0 Å². The van der Waals surface area contributed by atoms with Crippen LogP contribution in [0.15, 0.2) is 48.5 Å². The predicted octanol–water partition coefficient (Wildman–Crippen LogP) is 4.81. The van der Waals surface area contributed by atoms with Crippen LogP contribution in [-0.2, 0) is 4.79 Å². The molecule has 5 heteroatoms. The van der Waals surface area contributed by atoms with Crippen LogP contribution >= 0.6 is 23.2 Å². The lowest BCUT2D eigenvalue weighted by Gasteiger charge is -2.25. The standard InChI is InChI=1S/C17H17Cl2NO2/c1-3-20(14-7-5-4-6-8-14)17(21)12(2)22-16-10-9-13(18)11-15(16)19/h4-12H,3H2,1-2H3/t12-/m0/s1. The number of nitrogens with zero attached hydrogens (tertiary/aromatic N) is 1. The molecule has 3 nitrogen and oxygen atoms in total. The molecule has 0 radical (unpaired) electrons. The first-order valence-electron chi connectivity index (χ1n) is 7.01. The summed E-state index contributed by atoms with van der Waals surface area (Å²) in [5.41, 5.74) is 0.840. The molecular formula is C17H17Cl2NO2. The van der Waals surface area contributed by atoms with Crippen molar-refractivity contribution in [1.29, 1.82) is 0 Å². The summed E-state index contributed by atoms with van der Waals surface area (Å²) in [7, 11) is 0. The van der Waals surface area contributed by atoms with Crippen molar-refractivity contribution in [2.45, 2.75) is 20.0 Å². The number of para-hydroxylation sites is 1. The average molecular weight is 338 g/mol. The van der Waals surface area contributed by atoms with Crippen LogP contribution in [0.25, 0.3) is 0 Å². The van der Waals surface area contributed by atoms with Crippen molar-refractivity contribution >= 4 is 34.8 Å². The van der Waals surface area contributed by atoms with Gasteiger partial charge in [0.2, 0.25) is 0 Å². The summed E-state index contributed by atoms with van der Waals surface area (Å²) in [6.45, 7) is 4.19. The third kappa shape index (κ3) is 3.93. The van der Waals surface area contributed by atoms with E-state index in [4.69, 9.17) is 27.9 Å². The number of benzene rings is 2. The van der Waals surface area contributed by atoms with E-state index in [0.717, 1.165) is 5.69 Å². The Morgan fingerprint density at radius 2 is 1.86 bits per heavy atom. The van der Waals surface area contributed by atoms with Crippen molar-refractivity contribution in [1.82, 2.24) is 0 Å². The number of rotatable bonds is 5. The quantitative estimate of drug-likeness (QED) is 0.783. The molecule has 0 saturated heterocycles. The number of hydrogen-bond acceptors (Lipinski definition) is 2. The largest absolute Gasteiger partial charge is 0.479 e. The molecule has 0 aliphatic heterocycles. The molecule has 2 rings (SSSR count). The number of ether oxygens (including phenoxy) is 1. The van der Waals surface area contributed by atoms with Crippen LogP contribution < -0.4 is 9.64 Å². The summed E-state index contributed by atoms with van der Waals surface area (Å²) in [5.74, 6) is 0.316. The third-order valence-corrected chi connectivity index (χ3v) is 3.73. The van der Waals surface area contributed by atoms with Gasteiger partial charge in [-0.2, -0.15) is 0 Å². The number of carbonyl (C=O) groups is 1. The van der Waals surface area contributed by atoms with Crippen molar-refractivity contribution in [2.24, 2.45) is 0 Å². The molecule has 0 saturated carbocycles. The SMILES string of the molecule is CCN(C(=O)[C@H](C)Oc1ccc(Cl)cc1Cl)c1ccccc1. The number of anilines is 1. The Labute approximate surface area is 140 Å². The van der Waals surface area contributed by atoms with E-state index in [2.05, 4.69) is 0 Å². The van der Waals surface area contributed by atoms with Gasteiger partial charge in [0.05, 0.1) is 5.02 Å². The maximum absolute atomic E-state index is 12.6. The van der Waals surface area contributed by atoms with E-state index < -0.39 is 6.10 Å². The van der Waals surface area contributed by atoms with E-state index in [0.29, 0.717) is 22.3 Å². The highest BCUT2D eigenvalue weighted by Crippen LogP contribution is 2.28. The van der Waals surface area contributed by atoms with E-state index in [9.17, 15) is 4.79 Å². The Balaban J connectivity index is 2.14. The zero-order chi connectivity index (χ0) is 16.1. The van der Waals surface area contributed by atoms with Crippen LogP contribution in [-0.4, -0.2) is 18.6 Å². The number of halogens is 2. The highest BCUT2D eigenvalue weighted by atomic mass is 35.5. The van der Waals surface area contributed by atoms with Crippen molar-refractivity contribution in [3.05, 3.63) is 58.6 Å². The molecule has 1 atom stereocenters. The van der Waals surface area contributed by atoms with Gasteiger partial charge in [0, 0.05) is 17.3 Å². The molecule has 0 aliphatic rings. The summed E-state index contributed by atoms with van der Waals surface area (Å²) in [6.07, 6.45) is -0.654. The summed E-state index contributed by atoms with van der Waals surface area (Å²) >= 11 is 11.9. The molecule has 0 bridgehead atoms. The van der Waals surface area contributed by atoms with Gasteiger partial charge in [0.1, 0.15) is 5.75 Å². The topological polar surface area (TPSA) is 29.5 Å². The Morgan fingerprint density at radius 3 is 2.45 bits per heavy atom. The first kappa shape index (κ1) is 16.7. The maximum Gasteiger partial charge on any atom is 0.267 e. The van der Waals surface area contributed by atoms with E-state index in [1.165, 1.54) is 0 Å². The molecule has 2 aromatic carbocycles. The Morgan fingerprint density at radius 1 is 1.18 bits per heavy atom. The second-order valence-corrected chi connectivity index (χ2v) is 5.60. The lowest BCUT2D eigenvalue weighted by Crippen LogP contribution is -2.40. The van der Waals surface area contributed by atoms with Crippen LogP contribution in [0.2, 0.25) is 10.0 Å². The highest BCUT2D eigenvalue weighted by molar-refractivity contribution is 6.35. The minimum absolute atomic E-state index is 0.125. The summed E-state index contributed by atoms with van der Waals surface area (Å²) in [5, 5.41) is 0.908. The molecule has 0 fully saturated rings. The Bertz CT molecular complexity index is 646. The van der Waals surface area contributed by atoms with E-state index in [-0.39, 0.29) is 5.91 Å². The molecule has 116 valence electrons. The molecule has 22 heavy (non-hydrogen) atoms. The maximum atomic E-state index is 12.6. The predicted molar refractivity (Wildman–Crippen MR) is 91.0 cm³/mol. The highest BCUT2D eigenvalue weighted by Gasteiger charge is 2.22. The fraction of sp³-hybridized carbons (Fsp3) is 0.235. The molecule has 0 aromatic heterocycles. The normalized spacial score (nSPS) is 11.8. The molecular weight excluding hydrogens is 321 g/mol. The monoisotopic (exact) mass is 337 g/mol. The van der Waals surface area contributed by atoms with Gasteiger partial charge in [-0.25, -0.2) is 0 Å². The number of amides is 1. The van der Waals surface area contributed by atoms with E-state index in [1.54, 1.807) is 30.0 Å². The minimum atomic E-state index is -0.654. The zero-order valence-electron chi connectivity index (χ0n) is 12.4. The molecule has 0 N–H and O–H groups in total. The number of hydrogen-bond donors (Lipinski definition) is 0. The van der Waals surface area contributed by atoms with Crippen molar-refractivity contribution in [3.63, 3.8) is 0 Å². The molecule has 2 aromatic rings. The van der Waals surface area contributed by atoms with Crippen molar-refractivity contribution in [2.75, 3.05) is 11.4 Å². The third-order valence-electron chi connectivity index (χ3n) is 3.20. The molecule has 0 spiro atoms. The first-order chi connectivity index (χ1) is 10.5. The van der Waals surface area contributed by atoms with Crippen LogP contribution in [0.5, 0.6) is 5.75 Å². The summed E-state index contributed by atoms with van der Waals surface area (Å²) < 4.78 is 5.68. The van der Waals surface area contributed by atoms with E-state index in [1.807, 2.05) is 37.3 Å². The smallest absolute Gasteiger partial charge is 0.267 e. The number of carbonyl (C=O) groups excluding carboxylic acids is 1. The minimum Gasteiger partial charge on any atom is -0.479 e. The van der Waals surface area contributed by atoms with Crippen LogP contribution in [0, 0.1) is 0 Å². The first-order valence-corrected chi connectivity index (χ1v) is 7.76. The van der Waals surface area contributed by atoms with Crippen LogP contribution in [0.3, 0.4) is 0 Å². The van der Waals surface area contributed by atoms with Gasteiger partial charge in [0.15, 0.2) is 6.10 Å². The Kier molecular flexibility index (Phi) is 5.69. The van der Waals surface area contributed by atoms with Crippen LogP contribution in [0.1, 0.15) is 13.8 Å². The molecule has 1 amide bonds. The second-order valence-electron chi connectivity index (χ2n) is 4.75. The Hall–Kier alpha value is -1.71. The summed E-state index contributed by atoms with van der Waals surface area (Å²) in [6, 6.07) is 14.4. The average Bonchev–Trinajstić information content (AvgIpc) is 2.51. The molecule has 0 aliphatic carbocycles. The molecule has 0 heterocycles. The van der Waals surface area contributed by atoms with Crippen LogP contribution in [0.4, 0.5) is 5.69 Å². The van der Waals surface area contributed by atoms with Gasteiger partial charge >= 0.3 is 0 Å². The van der Waals surface area contributed by atoms with Gasteiger partial charge in [-0.3, -0.25) is 4.79 Å². The fourth-order valence-electron chi connectivity index (χ4n) is 2.10. The second kappa shape index (κ2) is 7.52. The van der Waals surface area contributed by atoms with Gasteiger partial charge in [-0.05, 0) is 44.2 Å². The van der Waals surface area contributed by atoms with Gasteiger partial charge in [0.25, 0.3) is 5.91 Å². The van der Waals surface area contributed by atoms with Gasteiger partial charge in [-0.15, -0.1) is 0 Å². The fourth-order valence-corrected chi connectivity index (χ4v) is 2.56.